The Balaban J connectivity index is 1.81. The minimum atomic E-state index is 0.127. The van der Waals surface area contributed by atoms with Gasteiger partial charge >= 0.3 is 0 Å². The molecule has 5 heteroatoms. The van der Waals surface area contributed by atoms with Gasteiger partial charge in [0.25, 0.3) is 5.91 Å². The van der Waals surface area contributed by atoms with Crippen LogP contribution in [0, 0.1) is 0 Å². The summed E-state index contributed by atoms with van der Waals surface area (Å²) in [5.74, 6) is 0.127. The highest BCUT2D eigenvalue weighted by molar-refractivity contribution is 9.11. The van der Waals surface area contributed by atoms with E-state index in [0.29, 0.717) is 12.1 Å². The summed E-state index contributed by atoms with van der Waals surface area (Å²) in [6, 6.07) is 6.83. The second kappa shape index (κ2) is 5.54. The van der Waals surface area contributed by atoms with Gasteiger partial charge in [0, 0.05) is 34.1 Å². The van der Waals surface area contributed by atoms with Crippen molar-refractivity contribution in [2.45, 2.75) is 31.3 Å². The van der Waals surface area contributed by atoms with Crippen LogP contribution in [0.4, 0.5) is 0 Å². The number of hydrogen-bond donors (Lipinski definition) is 1. The third-order valence-electron chi connectivity index (χ3n) is 3.97. The van der Waals surface area contributed by atoms with E-state index in [-0.39, 0.29) is 5.91 Å². The number of likely N-dealkylation sites (tertiary alicyclic amines) is 1. The molecule has 3 nitrogen and oxygen atoms in total. The lowest BCUT2D eigenvalue weighted by Crippen LogP contribution is -2.39. The van der Waals surface area contributed by atoms with Crippen molar-refractivity contribution >= 4 is 37.8 Å². The smallest absolute Gasteiger partial charge is 0.255 e. The van der Waals surface area contributed by atoms with E-state index in [1.807, 2.05) is 23.1 Å². The van der Waals surface area contributed by atoms with E-state index in [1.165, 1.54) is 12.8 Å². The van der Waals surface area contributed by atoms with Gasteiger partial charge in [-0.15, -0.1) is 0 Å². The number of carbonyl (C=O) groups is 1. The molecule has 0 spiro atoms. The van der Waals surface area contributed by atoms with Crippen molar-refractivity contribution < 1.29 is 4.79 Å². The number of halogens is 2. The topological polar surface area (TPSA) is 32.3 Å². The molecule has 2 saturated heterocycles. The van der Waals surface area contributed by atoms with Crippen LogP contribution in [0.25, 0.3) is 0 Å². The number of benzene rings is 1. The molecule has 2 atom stereocenters. The molecule has 1 amide bonds. The third-order valence-corrected chi connectivity index (χ3v) is 5.15. The van der Waals surface area contributed by atoms with Crippen molar-refractivity contribution in [2.24, 2.45) is 0 Å². The number of hydrogen-bond acceptors (Lipinski definition) is 2. The van der Waals surface area contributed by atoms with Gasteiger partial charge < -0.3 is 10.2 Å². The maximum Gasteiger partial charge on any atom is 0.255 e. The SMILES string of the molecule is O=C(c1cc(Br)ccc1Br)N1CCC2CCC(C1)N2. The summed E-state index contributed by atoms with van der Waals surface area (Å²) in [4.78, 5) is 14.6. The lowest BCUT2D eigenvalue weighted by atomic mass is 10.1. The van der Waals surface area contributed by atoms with Crippen LogP contribution in [-0.2, 0) is 0 Å². The Morgan fingerprint density at radius 1 is 1.21 bits per heavy atom. The molecule has 0 saturated carbocycles. The van der Waals surface area contributed by atoms with Gasteiger partial charge in [0.1, 0.15) is 0 Å². The Morgan fingerprint density at radius 3 is 2.84 bits per heavy atom. The number of fused-ring (bicyclic) bond motifs is 2. The summed E-state index contributed by atoms with van der Waals surface area (Å²) in [6.45, 7) is 1.68. The maximum atomic E-state index is 12.6. The minimum absolute atomic E-state index is 0.127. The molecule has 2 fully saturated rings. The zero-order valence-corrected chi connectivity index (χ0v) is 13.7. The van der Waals surface area contributed by atoms with Crippen LogP contribution in [-0.4, -0.2) is 36.0 Å². The molecule has 0 radical (unpaired) electrons. The fourth-order valence-corrected chi connectivity index (χ4v) is 3.74. The number of amides is 1. The van der Waals surface area contributed by atoms with Crippen molar-refractivity contribution in [3.8, 4) is 0 Å². The third kappa shape index (κ3) is 2.88. The van der Waals surface area contributed by atoms with Gasteiger partial charge in [-0.1, -0.05) is 15.9 Å². The Morgan fingerprint density at radius 2 is 2.00 bits per heavy atom. The van der Waals surface area contributed by atoms with Crippen LogP contribution in [0.1, 0.15) is 29.6 Å². The van der Waals surface area contributed by atoms with Crippen molar-refractivity contribution in [3.63, 3.8) is 0 Å². The van der Waals surface area contributed by atoms with Crippen molar-refractivity contribution in [1.82, 2.24) is 10.2 Å². The fraction of sp³-hybridized carbons (Fsp3) is 0.500. The molecule has 2 aliphatic heterocycles. The molecular weight excluding hydrogens is 372 g/mol. The summed E-state index contributed by atoms with van der Waals surface area (Å²) in [5.41, 5.74) is 0.743. The second-order valence-corrected chi connectivity index (χ2v) is 7.07. The summed E-state index contributed by atoms with van der Waals surface area (Å²) in [5, 5.41) is 3.60. The van der Waals surface area contributed by atoms with E-state index in [1.54, 1.807) is 0 Å². The highest BCUT2D eigenvalue weighted by atomic mass is 79.9. The van der Waals surface area contributed by atoms with Gasteiger partial charge in [-0.05, 0) is 53.4 Å². The molecule has 2 aliphatic rings. The summed E-state index contributed by atoms with van der Waals surface area (Å²) in [7, 11) is 0. The minimum Gasteiger partial charge on any atom is -0.337 e. The monoisotopic (exact) mass is 386 g/mol. The van der Waals surface area contributed by atoms with Gasteiger partial charge in [-0.3, -0.25) is 4.79 Å². The Labute approximate surface area is 130 Å². The predicted molar refractivity (Wildman–Crippen MR) is 82.3 cm³/mol. The quantitative estimate of drug-likeness (QED) is 0.802. The molecule has 1 aromatic carbocycles. The highest BCUT2D eigenvalue weighted by Crippen LogP contribution is 2.26. The van der Waals surface area contributed by atoms with E-state index in [9.17, 15) is 4.79 Å². The van der Waals surface area contributed by atoms with Crippen molar-refractivity contribution in [2.75, 3.05) is 13.1 Å². The zero-order valence-electron chi connectivity index (χ0n) is 10.5. The number of rotatable bonds is 1. The average molecular weight is 388 g/mol. The fourth-order valence-electron chi connectivity index (χ4n) is 2.96. The second-order valence-electron chi connectivity index (χ2n) is 5.30. The Bertz CT molecular complexity index is 506. The van der Waals surface area contributed by atoms with E-state index in [0.717, 1.165) is 34.0 Å². The van der Waals surface area contributed by atoms with Gasteiger partial charge in [0.05, 0.1) is 5.56 Å². The van der Waals surface area contributed by atoms with E-state index in [4.69, 9.17) is 0 Å². The molecule has 0 aromatic heterocycles. The van der Waals surface area contributed by atoms with Crippen molar-refractivity contribution in [3.05, 3.63) is 32.7 Å². The normalized spacial score (nSPS) is 26.3. The molecule has 1 N–H and O–H groups in total. The first kappa shape index (κ1) is 13.6. The van der Waals surface area contributed by atoms with Crippen LogP contribution in [0.15, 0.2) is 27.1 Å². The number of carbonyl (C=O) groups excluding carboxylic acids is 1. The lowest BCUT2D eigenvalue weighted by molar-refractivity contribution is 0.0747. The Hall–Kier alpha value is -0.390. The van der Waals surface area contributed by atoms with Crippen molar-refractivity contribution in [1.29, 1.82) is 0 Å². The zero-order chi connectivity index (χ0) is 13.4. The van der Waals surface area contributed by atoms with Crippen LogP contribution in [0.2, 0.25) is 0 Å². The first-order chi connectivity index (χ1) is 9.13. The molecule has 102 valence electrons. The van der Waals surface area contributed by atoms with E-state index in [2.05, 4.69) is 37.2 Å². The highest BCUT2D eigenvalue weighted by Gasteiger charge is 2.31. The average Bonchev–Trinajstić information content (AvgIpc) is 2.71. The summed E-state index contributed by atoms with van der Waals surface area (Å²) in [6.07, 6.45) is 3.51. The molecule has 19 heavy (non-hydrogen) atoms. The number of nitrogens with one attached hydrogen (secondary N) is 1. The molecule has 0 aliphatic carbocycles. The van der Waals surface area contributed by atoms with Crippen LogP contribution in [0.5, 0.6) is 0 Å². The molecule has 2 heterocycles. The largest absolute Gasteiger partial charge is 0.337 e. The van der Waals surface area contributed by atoms with Gasteiger partial charge in [0.15, 0.2) is 0 Å². The molecule has 1 aromatic rings. The van der Waals surface area contributed by atoms with Crippen LogP contribution < -0.4 is 5.32 Å². The lowest BCUT2D eigenvalue weighted by Gasteiger charge is -2.24. The first-order valence-corrected chi connectivity index (χ1v) is 8.22. The van der Waals surface area contributed by atoms with Crippen LogP contribution >= 0.6 is 31.9 Å². The predicted octanol–water partition coefficient (Wildman–Crippen LogP) is 3.18. The van der Waals surface area contributed by atoms with Crippen LogP contribution in [0.3, 0.4) is 0 Å². The molecule has 3 rings (SSSR count). The van der Waals surface area contributed by atoms with Gasteiger partial charge in [0.2, 0.25) is 0 Å². The van der Waals surface area contributed by atoms with Gasteiger partial charge in [-0.25, -0.2) is 0 Å². The Kier molecular flexibility index (Phi) is 3.96. The summed E-state index contributed by atoms with van der Waals surface area (Å²) >= 11 is 6.91. The van der Waals surface area contributed by atoms with Gasteiger partial charge in [-0.2, -0.15) is 0 Å². The molecule has 2 unspecified atom stereocenters. The van der Waals surface area contributed by atoms with E-state index >= 15 is 0 Å². The summed E-state index contributed by atoms with van der Waals surface area (Å²) < 4.78 is 1.80. The molecule has 2 bridgehead atoms. The molecular formula is C14H16Br2N2O. The first-order valence-electron chi connectivity index (χ1n) is 6.64. The standard InChI is InChI=1S/C14H16Br2N2O/c15-9-1-4-13(16)12(7-9)14(19)18-6-5-10-2-3-11(8-18)17-10/h1,4,7,10-11,17H,2-3,5-6,8H2. The number of nitrogens with zero attached hydrogens (tertiary/aromatic N) is 1. The van der Waals surface area contributed by atoms with E-state index < -0.39 is 0 Å². The maximum absolute atomic E-state index is 12.6.